The molecule has 0 spiro atoms. The number of likely N-dealkylation sites (tertiary alicyclic amines) is 1. The van der Waals surface area contributed by atoms with Crippen LogP contribution in [-0.4, -0.2) is 89.8 Å². The molecule has 0 radical (unpaired) electrons. The number of nitrogens with zero attached hydrogens (tertiary/aromatic N) is 5. The zero-order valence-electron chi connectivity index (χ0n) is 19.7. The van der Waals surface area contributed by atoms with E-state index in [2.05, 4.69) is 26.7 Å². The molecule has 0 saturated carbocycles. The quantitative estimate of drug-likeness (QED) is 0.672. The first-order valence-corrected chi connectivity index (χ1v) is 12.4. The van der Waals surface area contributed by atoms with Gasteiger partial charge in [0.2, 0.25) is 5.91 Å². The Morgan fingerprint density at radius 1 is 1.18 bits per heavy atom. The number of anilines is 1. The molecule has 8 nitrogen and oxygen atoms in total. The molecule has 34 heavy (non-hydrogen) atoms. The van der Waals surface area contributed by atoms with E-state index in [1.165, 1.54) is 0 Å². The van der Waals surface area contributed by atoms with Crippen molar-refractivity contribution in [2.24, 2.45) is 0 Å². The highest BCUT2D eigenvalue weighted by atomic mass is 35.5. The number of hydrogen-bond acceptors (Lipinski definition) is 7. The Hall–Kier alpha value is -2.26. The molecule has 3 aliphatic rings. The van der Waals surface area contributed by atoms with Crippen molar-refractivity contribution in [3.63, 3.8) is 0 Å². The molecule has 2 fully saturated rings. The summed E-state index contributed by atoms with van der Waals surface area (Å²) in [7, 11) is 1.73. The molecule has 3 atom stereocenters. The van der Waals surface area contributed by atoms with E-state index < -0.39 is 6.10 Å². The fourth-order valence-corrected chi connectivity index (χ4v) is 5.54. The minimum Gasteiger partial charge on any atom is -0.387 e. The molecule has 0 unspecified atom stereocenters. The molecule has 2 saturated heterocycles. The van der Waals surface area contributed by atoms with Crippen molar-refractivity contribution in [1.82, 2.24) is 19.8 Å². The zero-order valence-corrected chi connectivity index (χ0v) is 20.5. The summed E-state index contributed by atoms with van der Waals surface area (Å²) >= 11 is 6.11. The van der Waals surface area contributed by atoms with Gasteiger partial charge in [0.05, 0.1) is 23.8 Å². The average Bonchev–Trinajstić information content (AvgIpc) is 3.12. The van der Waals surface area contributed by atoms with E-state index in [0.717, 1.165) is 35.7 Å². The maximum Gasteiger partial charge on any atom is 0.231 e. The number of aliphatic hydroxyl groups is 1. The van der Waals surface area contributed by atoms with Crippen molar-refractivity contribution < 1.29 is 14.6 Å². The molecule has 9 heteroatoms. The summed E-state index contributed by atoms with van der Waals surface area (Å²) in [5.41, 5.74) is 2.80. The SMILES string of the molecule is COC1CN(C[C@H](C(=O)N2CCN(c3ncnc4c3[C@H](C)C[C@H]4O)CC2)c2ccc(Cl)cc2)C1. The molecule has 1 aromatic carbocycles. The van der Waals surface area contributed by atoms with Crippen molar-refractivity contribution in [3.8, 4) is 0 Å². The van der Waals surface area contributed by atoms with Crippen LogP contribution >= 0.6 is 11.6 Å². The molecule has 1 amide bonds. The van der Waals surface area contributed by atoms with E-state index in [-0.39, 0.29) is 23.8 Å². The molecule has 2 aliphatic heterocycles. The number of ether oxygens (including phenoxy) is 1. The van der Waals surface area contributed by atoms with Gasteiger partial charge in [-0.15, -0.1) is 0 Å². The van der Waals surface area contributed by atoms with Gasteiger partial charge in [0.1, 0.15) is 12.1 Å². The maximum atomic E-state index is 13.7. The first kappa shape index (κ1) is 23.5. The molecule has 2 aromatic rings. The number of carbonyl (C=O) groups excluding carboxylic acids is 1. The summed E-state index contributed by atoms with van der Waals surface area (Å²) < 4.78 is 5.41. The largest absolute Gasteiger partial charge is 0.387 e. The highest BCUT2D eigenvalue weighted by Gasteiger charge is 2.36. The van der Waals surface area contributed by atoms with E-state index >= 15 is 0 Å². The van der Waals surface area contributed by atoms with Gasteiger partial charge in [-0.05, 0) is 30.0 Å². The van der Waals surface area contributed by atoms with Crippen molar-refractivity contribution >= 4 is 23.3 Å². The molecular formula is C25H32ClN5O3. The Kier molecular flexibility index (Phi) is 6.75. The number of benzene rings is 1. The van der Waals surface area contributed by atoms with Gasteiger partial charge in [-0.25, -0.2) is 9.97 Å². The van der Waals surface area contributed by atoms with Crippen LogP contribution in [-0.2, 0) is 9.53 Å². The van der Waals surface area contributed by atoms with Crippen LogP contribution in [0.2, 0.25) is 5.02 Å². The number of hydrogen-bond donors (Lipinski definition) is 1. The van der Waals surface area contributed by atoms with E-state index in [0.29, 0.717) is 44.2 Å². The fourth-order valence-electron chi connectivity index (χ4n) is 5.41. The second-order valence-corrected chi connectivity index (χ2v) is 10.1. The van der Waals surface area contributed by atoms with Gasteiger partial charge < -0.3 is 19.6 Å². The third-order valence-corrected chi connectivity index (χ3v) is 7.69. The van der Waals surface area contributed by atoms with Crippen LogP contribution in [0.15, 0.2) is 30.6 Å². The van der Waals surface area contributed by atoms with Gasteiger partial charge in [0.15, 0.2) is 0 Å². The Bertz CT molecular complexity index is 1020. The molecule has 3 heterocycles. The number of aliphatic hydroxyl groups excluding tert-OH is 1. The van der Waals surface area contributed by atoms with Crippen molar-refractivity contribution in [1.29, 1.82) is 0 Å². The fraction of sp³-hybridized carbons (Fsp3) is 0.560. The van der Waals surface area contributed by atoms with Crippen LogP contribution in [0.4, 0.5) is 5.82 Å². The topological polar surface area (TPSA) is 82.0 Å². The van der Waals surface area contributed by atoms with Gasteiger partial charge >= 0.3 is 0 Å². The smallest absolute Gasteiger partial charge is 0.231 e. The number of fused-ring (bicyclic) bond motifs is 1. The van der Waals surface area contributed by atoms with Gasteiger partial charge in [-0.3, -0.25) is 9.69 Å². The minimum atomic E-state index is -0.519. The second kappa shape index (κ2) is 9.77. The van der Waals surface area contributed by atoms with E-state index in [9.17, 15) is 9.90 Å². The highest BCUT2D eigenvalue weighted by Crippen LogP contribution is 2.42. The number of piperazine rings is 1. The minimum absolute atomic E-state index is 0.152. The van der Waals surface area contributed by atoms with Crippen LogP contribution < -0.4 is 4.90 Å². The Labute approximate surface area is 205 Å². The second-order valence-electron chi connectivity index (χ2n) is 9.64. The molecule has 1 N–H and O–H groups in total. The van der Waals surface area contributed by atoms with Crippen molar-refractivity contribution in [2.75, 3.05) is 57.8 Å². The lowest BCUT2D eigenvalue weighted by atomic mass is 9.94. The van der Waals surface area contributed by atoms with Crippen molar-refractivity contribution in [3.05, 3.63) is 52.4 Å². The lowest BCUT2D eigenvalue weighted by molar-refractivity contribution is -0.134. The summed E-state index contributed by atoms with van der Waals surface area (Å²) in [4.78, 5) is 29.1. The lowest BCUT2D eigenvalue weighted by Gasteiger charge is -2.42. The summed E-state index contributed by atoms with van der Waals surface area (Å²) in [6.45, 7) is 7.19. The highest BCUT2D eigenvalue weighted by molar-refractivity contribution is 6.30. The van der Waals surface area contributed by atoms with Crippen molar-refractivity contribution in [2.45, 2.75) is 37.4 Å². The van der Waals surface area contributed by atoms with E-state index in [1.54, 1.807) is 13.4 Å². The van der Waals surface area contributed by atoms with E-state index in [1.807, 2.05) is 29.2 Å². The standard InChI is InChI=1S/C25H32ClN5O3/c1-16-11-21(32)23-22(16)24(28-15-27-23)30-7-9-31(10-8-30)25(33)20(14-29-12-19(13-29)34-2)17-3-5-18(26)6-4-17/h3-6,15-16,19-21,32H,7-14H2,1-2H3/t16-,20+,21-/m1/s1. The monoisotopic (exact) mass is 485 g/mol. The molecule has 1 aliphatic carbocycles. The normalized spacial score (nSPS) is 24.1. The summed E-state index contributed by atoms with van der Waals surface area (Å²) in [6.07, 6.45) is 1.96. The lowest BCUT2D eigenvalue weighted by Crippen LogP contribution is -2.55. The molecule has 182 valence electrons. The van der Waals surface area contributed by atoms with Crippen LogP contribution in [0.5, 0.6) is 0 Å². The predicted octanol–water partition coefficient (Wildman–Crippen LogP) is 2.43. The summed E-state index contributed by atoms with van der Waals surface area (Å²) in [5.74, 6) is 1.05. The Morgan fingerprint density at radius 2 is 1.88 bits per heavy atom. The number of rotatable bonds is 6. The number of methoxy groups -OCH3 is 1. The number of halogens is 1. The first-order chi connectivity index (χ1) is 16.4. The van der Waals surface area contributed by atoms with Crippen LogP contribution in [0.1, 0.15) is 48.1 Å². The first-order valence-electron chi connectivity index (χ1n) is 12.0. The van der Waals surface area contributed by atoms with Gasteiger partial charge in [0, 0.05) is 63.5 Å². The van der Waals surface area contributed by atoms with Crippen LogP contribution in [0.3, 0.4) is 0 Å². The van der Waals surface area contributed by atoms with Gasteiger partial charge in [-0.1, -0.05) is 30.7 Å². The average molecular weight is 486 g/mol. The van der Waals surface area contributed by atoms with E-state index in [4.69, 9.17) is 16.3 Å². The summed E-state index contributed by atoms with van der Waals surface area (Å²) in [5, 5.41) is 11.0. The van der Waals surface area contributed by atoms with Crippen LogP contribution in [0.25, 0.3) is 0 Å². The van der Waals surface area contributed by atoms with Gasteiger partial charge in [-0.2, -0.15) is 0 Å². The molecular weight excluding hydrogens is 454 g/mol. The molecule has 0 bridgehead atoms. The predicted molar refractivity (Wildman–Crippen MR) is 130 cm³/mol. The van der Waals surface area contributed by atoms with Gasteiger partial charge in [0.25, 0.3) is 0 Å². The number of amides is 1. The summed E-state index contributed by atoms with van der Waals surface area (Å²) in [6, 6.07) is 7.64. The molecule has 5 rings (SSSR count). The zero-order chi connectivity index (χ0) is 23.8. The Morgan fingerprint density at radius 3 is 2.56 bits per heavy atom. The molecule has 1 aromatic heterocycles. The maximum absolute atomic E-state index is 13.7. The third-order valence-electron chi connectivity index (χ3n) is 7.44. The number of carbonyl (C=O) groups is 1. The Balaban J connectivity index is 1.28. The third kappa shape index (κ3) is 4.52. The van der Waals surface area contributed by atoms with Crippen LogP contribution in [0, 0.1) is 0 Å². The number of aromatic nitrogens is 2.